The summed E-state index contributed by atoms with van der Waals surface area (Å²) in [5, 5.41) is 11.8. The predicted molar refractivity (Wildman–Crippen MR) is 90.5 cm³/mol. The Morgan fingerprint density at radius 3 is 2.48 bits per heavy atom. The van der Waals surface area contributed by atoms with Gasteiger partial charge in [-0.25, -0.2) is 0 Å². The minimum atomic E-state index is 0.149. The third-order valence-corrected chi connectivity index (χ3v) is 3.83. The molecular formula is C16H20N4S. The van der Waals surface area contributed by atoms with Gasteiger partial charge in [-0.15, -0.1) is 5.10 Å². The summed E-state index contributed by atoms with van der Waals surface area (Å²) in [6.45, 7) is 6.00. The van der Waals surface area contributed by atoms with Gasteiger partial charge in [0.05, 0.1) is 17.3 Å². The molecule has 2 aromatic rings. The fourth-order valence-corrected chi connectivity index (χ4v) is 2.53. The van der Waals surface area contributed by atoms with E-state index < -0.39 is 0 Å². The smallest absolute Gasteiger partial charge is 0.159 e. The van der Waals surface area contributed by atoms with Gasteiger partial charge in [0.2, 0.25) is 0 Å². The molecule has 21 heavy (non-hydrogen) atoms. The van der Waals surface area contributed by atoms with Crippen LogP contribution >= 0.6 is 12.2 Å². The maximum Gasteiger partial charge on any atom is 0.159 e. The van der Waals surface area contributed by atoms with Crippen LogP contribution in [0.25, 0.3) is 0 Å². The molecule has 1 atom stereocenters. The summed E-state index contributed by atoms with van der Waals surface area (Å²) in [5.41, 5.74) is 9.67. The fraction of sp³-hybridized carbons (Fsp3) is 0.312. The third-order valence-electron chi connectivity index (χ3n) is 3.62. The lowest BCUT2D eigenvalue weighted by Gasteiger charge is -2.20. The number of hydrogen-bond donors (Lipinski definition) is 2. The normalized spacial score (nSPS) is 12.0. The van der Waals surface area contributed by atoms with Gasteiger partial charge in [-0.2, -0.15) is 5.10 Å². The zero-order valence-corrected chi connectivity index (χ0v) is 13.4. The van der Waals surface area contributed by atoms with Crippen LogP contribution in [-0.2, 0) is 0 Å². The van der Waals surface area contributed by atoms with E-state index in [9.17, 15) is 0 Å². The summed E-state index contributed by atoms with van der Waals surface area (Å²) in [5.74, 6) is 0.654. The number of benzene rings is 1. The maximum absolute atomic E-state index is 5.86. The first kappa shape index (κ1) is 15.4. The standard InChI is InChI=1S/C16H20N4S/c1-4-13(12-8-6-5-7-9-12)18-16-14(15(17)21)10(2)11(3)19-20-16/h5-9,13H,4H2,1-3H3,(H2,17,21)(H,18,20). The van der Waals surface area contributed by atoms with Gasteiger partial charge in [0.1, 0.15) is 4.99 Å². The third kappa shape index (κ3) is 3.36. The van der Waals surface area contributed by atoms with Gasteiger partial charge < -0.3 is 11.1 Å². The number of nitrogens with two attached hydrogens (primary N) is 1. The molecule has 1 unspecified atom stereocenters. The number of nitrogens with one attached hydrogen (secondary N) is 1. The van der Waals surface area contributed by atoms with Crippen molar-refractivity contribution in [3.8, 4) is 0 Å². The molecule has 1 aromatic carbocycles. The number of anilines is 1. The summed E-state index contributed by atoms with van der Waals surface area (Å²) in [6, 6.07) is 10.4. The van der Waals surface area contributed by atoms with Crippen LogP contribution < -0.4 is 11.1 Å². The molecule has 0 aliphatic rings. The Hall–Kier alpha value is -2.01. The molecule has 0 aliphatic heterocycles. The number of thiocarbonyl (C=S) groups is 1. The van der Waals surface area contributed by atoms with Gasteiger partial charge in [-0.05, 0) is 31.4 Å². The van der Waals surface area contributed by atoms with Crippen LogP contribution in [0.1, 0.15) is 41.8 Å². The van der Waals surface area contributed by atoms with E-state index in [0.29, 0.717) is 10.8 Å². The van der Waals surface area contributed by atoms with Gasteiger partial charge in [-0.1, -0.05) is 49.5 Å². The summed E-state index contributed by atoms with van der Waals surface area (Å²) in [7, 11) is 0. The maximum atomic E-state index is 5.86. The van der Waals surface area contributed by atoms with E-state index in [2.05, 4.69) is 34.6 Å². The lowest BCUT2D eigenvalue weighted by molar-refractivity contribution is 0.738. The second kappa shape index (κ2) is 6.63. The highest BCUT2D eigenvalue weighted by molar-refractivity contribution is 7.80. The Morgan fingerprint density at radius 2 is 1.90 bits per heavy atom. The Bertz CT molecular complexity index is 640. The Morgan fingerprint density at radius 1 is 1.24 bits per heavy atom. The van der Waals surface area contributed by atoms with Crippen LogP contribution in [0.5, 0.6) is 0 Å². The van der Waals surface area contributed by atoms with Crippen LogP contribution in [0.4, 0.5) is 5.82 Å². The van der Waals surface area contributed by atoms with E-state index in [1.165, 1.54) is 5.56 Å². The van der Waals surface area contributed by atoms with E-state index in [-0.39, 0.29) is 6.04 Å². The van der Waals surface area contributed by atoms with Crippen molar-refractivity contribution < 1.29 is 0 Å². The second-order valence-corrected chi connectivity index (χ2v) is 5.45. The van der Waals surface area contributed by atoms with Crippen molar-refractivity contribution >= 4 is 23.0 Å². The zero-order valence-electron chi connectivity index (χ0n) is 12.6. The molecule has 0 bridgehead atoms. The summed E-state index contributed by atoms with van der Waals surface area (Å²) in [6.07, 6.45) is 0.926. The first-order valence-corrected chi connectivity index (χ1v) is 7.40. The zero-order chi connectivity index (χ0) is 15.4. The lowest BCUT2D eigenvalue weighted by atomic mass is 10.0. The van der Waals surface area contributed by atoms with E-state index in [0.717, 1.165) is 23.2 Å². The second-order valence-electron chi connectivity index (χ2n) is 5.01. The average Bonchev–Trinajstić information content (AvgIpc) is 2.48. The van der Waals surface area contributed by atoms with Gasteiger partial charge in [0.15, 0.2) is 5.82 Å². The van der Waals surface area contributed by atoms with Crippen molar-refractivity contribution in [2.24, 2.45) is 5.73 Å². The highest BCUT2D eigenvalue weighted by Gasteiger charge is 2.17. The highest BCUT2D eigenvalue weighted by Crippen LogP contribution is 2.25. The molecule has 5 heteroatoms. The summed E-state index contributed by atoms with van der Waals surface area (Å²) >= 11 is 5.17. The molecule has 110 valence electrons. The molecule has 2 rings (SSSR count). The average molecular weight is 300 g/mol. The van der Waals surface area contributed by atoms with Crippen molar-refractivity contribution in [1.29, 1.82) is 0 Å². The molecule has 4 nitrogen and oxygen atoms in total. The van der Waals surface area contributed by atoms with Gasteiger partial charge in [0.25, 0.3) is 0 Å². The Labute approximate surface area is 130 Å². The van der Waals surface area contributed by atoms with Crippen LogP contribution in [-0.4, -0.2) is 15.2 Å². The molecule has 0 amide bonds. The summed E-state index contributed by atoms with van der Waals surface area (Å²) in [4.78, 5) is 0.343. The molecular weight excluding hydrogens is 280 g/mol. The molecule has 0 radical (unpaired) electrons. The van der Waals surface area contributed by atoms with Crippen molar-refractivity contribution in [2.45, 2.75) is 33.2 Å². The fourth-order valence-electron chi connectivity index (χ4n) is 2.28. The molecule has 0 saturated heterocycles. The van der Waals surface area contributed by atoms with E-state index in [4.69, 9.17) is 18.0 Å². The molecule has 1 heterocycles. The quantitative estimate of drug-likeness (QED) is 0.830. The lowest BCUT2D eigenvalue weighted by Crippen LogP contribution is -2.20. The SMILES string of the molecule is CCC(Nc1nnc(C)c(C)c1C(N)=S)c1ccccc1. The summed E-state index contributed by atoms with van der Waals surface area (Å²) < 4.78 is 0. The Balaban J connectivity index is 2.39. The van der Waals surface area contributed by atoms with Crippen LogP contribution in [0, 0.1) is 13.8 Å². The van der Waals surface area contributed by atoms with Crippen molar-refractivity contribution in [1.82, 2.24) is 10.2 Å². The molecule has 0 fully saturated rings. The number of rotatable bonds is 5. The van der Waals surface area contributed by atoms with E-state index in [1.807, 2.05) is 32.0 Å². The topological polar surface area (TPSA) is 63.8 Å². The molecule has 0 aliphatic carbocycles. The monoisotopic (exact) mass is 300 g/mol. The Kier molecular flexibility index (Phi) is 4.85. The van der Waals surface area contributed by atoms with Gasteiger partial charge >= 0.3 is 0 Å². The number of aryl methyl sites for hydroxylation is 1. The highest BCUT2D eigenvalue weighted by atomic mass is 32.1. The number of hydrogen-bond acceptors (Lipinski definition) is 4. The van der Waals surface area contributed by atoms with Crippen molar-refractivity contribution in [3.63, 3.8) is 0 Å². The van der Waals surface area contributed by atoms with Gasteiger partial charge in [-0.3, -0.25) is 0 Å². The van der Waals surface area contributed by atoms with Crippen LogP contribution in [0.3, 0.4) is 0 Å². The minimum Gasteiger partial charge on any atom is -0.389 e. The van der Waals surface area contributed by atoms with Gasteiger partial charge in [0, 0.05) is 0 Å². The van der Waals surface area contributed by atoms with Crippen molar-refractivity contribution in [2.75, 3.05) is 5.32 Å². The minimum absolute atomic E-state index is 0.149. The van der Waals surface area contributed by atoms with E-state index in [1.54, 1.807) is 0 Å². The largest absolute Gasteiger partial charge is 0.389 e. The number of nitrogens with zero attached hydrogens (tertiary/aromatic N) is 2. The number of aromatic nitrogens is 2. The van der Waals surface area contributed by atoms with E-state index >= 15 is 0 Å². The van der Waals surface area contributed by atoms with Crippen LogP contribution in [0.2, 0.25) is 0 Å². The van der Waals surface area contributed by atoms with Crippen LogP contribution in [0.15, 0.2) is 30.3 Å². The molecule has 0 saturated carbocycles. The molecule has 0 spiro atoms. The first-order chi connectivity index (χ1) is 10.0. The predicted octanol–water partition coefficient (Wildman–Crippen LogP) is 3.29. The first-order valence-electron chi connectivity index (χ1n) is 6.99. The molecule has 3 N–H and O–H groups in total. The van der Waals surface area contributed by atoms with Crippen molar-refractivity contribution in [3.05, 3.63) is 52.7 Å². The molecule has 1 aromatic heterocycles.